The Morgan fingerprint density at radius 1 is 0.872 bits per heavy atom. The molecule has 2 atom stereocenters. The molecule has 0 amide bonds. The van der Waals surface area contributed by atoms with Gasteiger partial charge in [0.15, 0.2) is 11.6 Å². The first kappa shape index (κ1) is 38.9. The van der Waals surface area contributed by atoms with Gasteiger partial charge < -0.3 is 11.5 Å². The number of nitrogens with zero attached hydrogens (tertiary/aromatic N) is 1. The third-order valence-corrected chi connectivity index (χ3v) is 11.4. The average molecular weight is 728 g/mol. The SMILES string of the molecule is C.CCCCC12CCC(=O)C(C)=C1c1cc(F)c(N)c(Br)c1C2.CCCCC12CCC(=O)C(C)=C1c1cc(F)c(N)cc1C2.[B]=NS. The fraction of sp³-hybridized carbons (Fsp3) is 0.514. The molecule has 4 aliphatic rings. The number of nitrogen functional groups attached to an aromatic ring is 2. The Balaban J connectivity index is 0.000000232. The molecule has 0 fully saturated rings. The van der Waals surface area contributed by atoms with Crippen LogP contribution in [0.5, 0.6) is 0 Å². The normalized spacial score (nSPS) is 22.2. The number of halogens is 3. The summed E-state index contributed by atoms with van der Waals surface area (Å²) in [6.07, 6.45) is 11.3. The van der Waals surface area contributed by atoms with Crippen LogP contribution in [0.3, 0.4) is 0 Å². The van der Waals surface area contributed by atoms with Gasteiger partial charge in [-0.3, -0.25) is 9.59 Å². The van der Waals surface area contributed by atoms with Crippen LogP contribution in [0.2, 0.25) is 0 Å². The van der Waals surface area contributed by atoms with Crippen LogP contribution in [0.1, 0.15) is 122 Å². The van der Waals surface area contributed by atoms with Crippen molar-refractivity contribution in [3.05, 3.63) is 67.7 Å². The van der Waals surface area contributed by atoms with Crippen LogP contribution in [0, 0.1) is 22.5 Å². The molecule has 0 aromatic heterocycles. The van der Waals surface area contributed by atoms with Crippen molar-refractivity contribution in [2.24, 2.45) is 15.1 Å². The molecule has 4 N–H and O–H groups in total. The molecule has 0 saturated heterocycles. The Morgan fingerprint density at radius 2 is 1.34 bits per heavy atom. The molecule has 0 saturated carbocycles. The Kier molecular flexibility index (Phi) is 13.0. The number of allylic oxidation sites excluding steroid dienone is 4. The van der Waals surface area contributed by atoms with Gasteiger partial charge in [-0.1, -0.05) is 47.0 Å². The molecule has 1 radical (unpaired) electrons. The van der Waals surface area contributed by atoms with E-state index in [1.54, 1.807) is 6.07 Å². The molecule has 6 rings (SSSR count). The van der Waals surface area contributed by atoms with Gasteiger partial charge in [-0.25, -0.2) is 8.78 Å². The van der Waals surface area contributed by atoms with E-state index in [1.807, 2.05) is 13.8 Å². The van der Waals surface area contributed by atoms with Gasteiger partial charge in [0, 0.05) is 28.1 Å². The number of fused-ring (bicyclic) bond motifs is 6. The molecule has 253 valence electrons. The monoisotopic (exact) mass is 726 g/mol. The van der Waals surface area contributed by atoms with Crippen molar-refractivity contribution in [3.8, 4) is 0 Å². The van der Waals surface area contributed by atoms with Gasteiger partial charge in [0.05, 0.1) is 11.4 Å². The summed E-state index contributed by atoms with van der Waals surface area (Å²) < 4.78 is 31.4. The first-order valence-electron chi connectivity index (χ1n) is 16.2. The second-order valence-electron chi connectivity index (χ2n) is 13.2. The van der Waals surface area contributed by atoms with E-state index in [0.29, 0.717) is 17.3 Å². The van der Waals surface area contributed by atoms with Crippen molar-refractivity contribution in [1.82, 2.24) is 0 Å². The number of carbonyl (C=O) groups excluding carboxylic acids is 2. The maximum absolute atomic E-state index is 14.1. The fourth-order valence-corrected chi connectivity index (χ4v) is 8.78. The van der Waals surface area contributed by atoms with Gasteiger partial charge in [0.1, 0.15) is 11.6 Å². The number of anilines is 2. The van der Waals surface area contributed by atoms with Gasteiger partial charge in [-0.05, 0) is 131 Å². The molecular weight excluding hydrogens is 679 g/mol. The van der Waals surface area contributed by atoms with E-state index in [1.165, 1.54) is 12.1 Å². The molecule has 0 aliphatic heterocycles. The van der Waals surface area contributed by atoms with E-state index in [2.05, 4.69) is 54.5 Å². The standard InChI is InChI=1S/C18H21BrFNO.C18H22FNO.CH4.BHNS/c1-3-4-6-18-7-5-14(22)10(2)15(18)11-8-13(20)17(21)16(19)12(11)9-18;1-3-4-6-18-7-5-16(21)11(2)17(18)13-9-14(19)15(20)8-12(13)10-18;;1-2-3/h8H,3-7,9,21H2,1-2H3;8-9H,3-7,10,20H2,1-2H3;1H4;3H. The van der Waals surface area contributed by atoms with Crippen molar-refractivity contribution < 1.29 is 18.4 Å². The molecule has 4 aliphatic carbocycles. The fourth-order valence-electron chi connectivity index (χ4n) is 8.23. The van der Waals surface area contributed by atoms with E-state index in [4.69, 9.17) is 11.5 Å². The van der Waals surface area contributed by atoms with E-state index >= 15 is 0 Å². The molecule has 5 nitrogen and oxygen atoms in total. The van der Waals surface area contributed by atoms with Crippen LogP contribution < -0.4 is 11.5 Å². The number of nitrogens with two attached hydrogens (primary N) is 2. The van der Waals surface area contributed by atoms with Crippen LogP contribution in [-0.2, 0) is 22.4 Å². The summed E-state index contributed by atoms with van der Waals surface area (Å²) in [4.78, 5) is 24.3. The minimum atomic E-state index is -0.407. The van der Waals surface area contributed by atoms with Gasteiger partial charge in [-0.15, -0.1) is 0 Å². The first-order valence-corrected chi connectivity index (χ1v) is 17.4. The number of Topliss-reactive ketones (excluding diaryl/α,β-unsaturated/α-hetero) is 2. The summed E-state index contributed by atoms with van der Waals surface area (Å²) in [5.41, 5.74) is 19.8. The third-order valence-electron chi connectivity index (χ3n) is 10.5. The van der Waals surface area contributed by atoms with Crippen molar-refractivity contribution in [2.45, 2.75) is 112 Å². The maximum atomic E-state index is 14.1. The molecule has 10 heteroatoms. The van der Waals surface area contributed by atoms with E-state index in [-0.39, 0.29) is 47.0 Å². The summed E-state index contributed by atoms with van der Waals surface area (Å²) >= 11 is 6.66. The average Bonchev–Trinajstić information content (AvgIpc) is 3.52. The molecule has 47 heavy (non-hydrogen) atoms. The van der Waals surface area contributed by atoms with E-state index in [9.17, 15) is 18.4 Å². The minimum absolute atomic E-state index is 0. The number of hydrogen-bond donors (Lipinski definition) is 3. The summed E-state index contributed by atoms with van der Waals surface area (Å²) in [7, 11) is 4.34. The molecule has 2 aromatic carbocycles. The van der Waals surface area contributed by atoms with Crippen LogP contribution in [0.15, 0.2) is 38.1 Å². The molecule has 0 bridgehead atoms. The van der Waals surface area contributed by atoms with Crippen LogP contribution in [-0.4, -0.2) is 19.2 Å². The number of carbonyl (C=O) groups is 2. The van der Waals surface area contributed by atoms with E-state index < -0.39 is 5.82 Å². The molecular formula is C37H48BBrF2N3O2S. The second-order valence-corrected chi connectivity index (χ2v) is 14.3. The number of ketones is 2. The number of hydrogen-bond acceptors (Lipinski definition) is 6. The Bertz CT molecular complexity index is 1640. The summed E-state index contributed by atoms with van der Waals surface area (Å²) in [6.45, 7) is 8.16. The molecule has 2 unspecified atom stereocenters. The number of benzene rings is 2. The Hall–Kier alpha value is -2.59. The molecule has 2 aromatic rings. The van der Waals surface area contributed by atoms with Gasteiger partial charge >= 0.3 is 24.8 Å². The molecule has 0 spiro atoms. The summed E-state index contributed by atoms with van der Waals surface area (Å²) in [6, 6.07) is 4.83. The summed E-state index contributed by atoms with van der Waals surface area (Å²) in [5.74, 6) is -0.376. The predicted octanol–water partition coefficient (Wildman–Crippen LogP) is 10.1. The Morgan fingerprint density at radius 3 is 1.85 bits per heavy atom. The number of rotatable bonds is 6. The molecule has 0 heterocycles. The Labute approximate surface area is 294 Å². The predicted molar refractivity (Wildman–Crippen MR) is 198 cm³/mol. The number of unbranched alkanes of at least 4 members (excludes halogenated alkanes) is 2. The third kappa shape index (κ3) is 7.24. The van der Waals surface area contributed by atoms with Crippen molar-refractivity contribution in [1.29, 1.82) is 0 Å². The zero-order valence-electron chi connectivity index (χ0n) is 27.3. The zero-order chi connectivity index (χ0) is 34.0. The topological polar surface area (TPSA) is 98.5 Å². The van der Waals surface area contributed by atoms with Crippen LogP contribution >= 0.6 is 28.7 Å². The van der Waals surface area contributed by atoms with Gasteiger partial charge in [-0.2, -0.15) is 0 Å². The van der Waals surface area contributed by atoms with Crippen LogP contribution in [0.25, 0.3) is 11.1 Å². The quantitative estimate of drug-likeness (QED) is 0.157. The zero-order valence-corrected chi connectivity index (χ0v) is 29.8. The van der Waals surface area contributed by atoms with Crippen LogP contribution in [0.4, 0.5) is 20.2 Å². The van der Waals surface area contributed by atoms with Gasteiger partial charge in [0.25, 0.3) is 0 Å². The van der Waals surface area contributed by atoms with Crippen molar-refractivity contribution >= 4 is 70.5 Å². The second kappa shape index (κ2) is 15.8. The van der Waals surface area contributed by atoms with Gasteiger partial charge in [0.2, 0.25) is 0 Å². The first-order chi connectivity index (χ1) is 21.8. The summed E-state index contributed by atoms with van der Waals surface area (Å²) in [5, 5.41) is 0. The van der Waals surface area contributed by atoms with Crippen molar-refractivity contribution in [3.63, 3.8) is 0 Å². The van der Waals surface area contributed by atoms with Crippen molar-refractivity contribution in [2.75, 3.05) is 11.5 Å². The van der Waals surface area contributed by atoms with E-state index in [0.717, 1.165) is 109 Å². The number of thiol groups is 1.